The number of halogens is 1. The smallest absolute Gasteiger partial charge is 0.255 e. The van der Waals surface area contributed by atoms with Gasteiger partial charge in [0.05, 0.1) is 10.0 Å². The van der Waals surface area contributed by atoms with Crippen LogP contribution in [0.15, 0.2) is 22.7 Å². The zero-order valence-electron chi connectivity index (χ0n) is 9.78. The van der Waals surface area contributed by atoms with Crippen LogP contribution >= 0.6 is 15.9 Å². The molecule has 0 bridgehead atoms. The van der Waals surface area contributed by atoms with Gasteiger partial charge in [0.2, 0.25) is 5.91 Å². The molecule has 1 heterocycles. The zero-order chi connectivity index (χ0) is 13.1. The lowest BCUT2D eigenvalue weighted by atomic mass is 10.1. The summed E-state index contributed by atoms with van der Waals surface area (Å²) in [6.07, 6.45) is 0.339. The summed E-state index contributed by atoms with van der Waals surface area (Å²) in [5.74, 6) is -0.123. The summed E-state index contributed by atoms with van der Waals surface area (Å²) in [6, 6.07) is 5.20. The summed E-state index contributed by atoms with van der Waals surface area (Å²) < 4.78 is 0.610. The standard InChI is InChI=1S/C12H14BrN3O2/c13-11-8(2-1-3-9(11)14)12(18)16-6-4-10(17)15-5-7-16/h1-3H,4-7,14H2,(H,15,17). The van der Waals surface area contributed by atoms with Crippen molar-refractivity contribution in [2.45, 2.75) is 6.42 Å². The fourth-order valence-corrected chi connectivity index (χ4v) is 2.29. The molecule has 18 heavy (non-hydrogen) atoms. The van der Waals surface area contributed by atoms with Gasteiger partial charge in [-0.2, -0.15) is 0 Å². The minimum Gasteiger partial charge on any atom is -0.398 e. The number of hydrogen-bond acceptors (Lipinski definition) is 3. The second-order valence-electron chi connectivity index (χ2n) is 4.10. The van der Waals surface area contributed by atoms with E-state index in [1.165, 1.54) is 0 Å². The van der Waals surface area contributed by atoms with E-state index in [2.05, 4.69) is 21.2 Å². The minimum atomic E-state index is -0.106. The van der Waals surface area contributed by atoms with Crippen LogP contribution in [0.4, 0.5) is 5.69 Å². The van der Waals surface area contributed by atoms with Crippen molar-refractivity contribution in [3.05, 3.63) is 28.2 Å². The number of nitrogen functional groups attached to an aromatic ring is 1. The van der Waals surface area contributed by atoms with Crippen molar-refractivity contribution in [2.75, 3.05) is 25.4 Å². The molecule has 0 aromatic heterocycles. The molecule has 1 saturated heterocycles. The number of nitrogens with zero attached hydrogens (tertiary/aromatic N) is 1. The van der Waals surface area contributed by atoms with Gasteiger partial charge in [-0.15, -0.1) is 0 Å². The van der Waals surface area contributed by atoms with Crippen molar-refractivity contribution in [1.82, 2.24) is 10.2 Å². The Hall–Kier alpha value is -1.56. The van der Waals surface area contributed by atoms with Crippen molar-refractivity contribution >= 4 is 33.4 Å². The molecule has 6 heteroatoms. The first-order valence-corrected chi connectivity index (χ1v) is 6.49. The summed E-state index contributed by atoms with van der Waals surface area (Å²) in [5, 5.41) is 2.74. The molecule has 1 aliphatic heterocycles. The van der Waals surface area contributed by atoms with Gasteiger partial charge >= 0.3 is 0 Å². The molecule has 2 rings (SSSR count). The van der Waals surface area contributed by atoms with E-state index in [0.717, 1.165) is 0 Å². The minimum absolute atomic E-state index is 0.0167. The molecular weight excluding hydrogens is 298 g/mol. The van der Waals surface area contributed by atoms with Crippen molar-refractivity contribution in [3.8, 4) is 0 Å². The molecule has 1 fully saturated rings. The average Bonchev–Trinajstić information content (AvgIpc) is 2.57. The zero-order valence-corrected chi connectivity index (χ0v) is 11.4. The van der Waals surface area contributed by atoms with Crippen molar-refractivity contribution in [3.63, 3.8) is 0 Å². The number of amides is 2. The predicted octanol–water partition coefficient (Wildman–Crippen LogP) is 0.993. The van der Waals surface area contributed by atoms with Crippen LogP contribution in [0.3, 0.4) is 0 Å². The Morgan fingerprint density at radius 1 is 1.39 bits per heavy atom. The van der Waals surface area contributed by atoms with Crippen molar-refractivity contribution < 1.29 is 9.59 Å². The molecule has 1 aromatic rings. The van der Waals surface area contributed by atoms with Gasteiger partial charge in [-0.25, -0.2) is 0 Å². The van der Waals surface area contributed by atoms with Crippen LogP contribution in [0.25, 0.3) is 0 Å². The van der Waals surface area contributed by atoms with Gasteiger partial charge in [0.25, 0.3) is 5.91 Å². The monoisotopic (exact) mass is 311 g/mol. The Morgan fingerprint density at radius 3 is 2.94 bits per heavy atom. The van der Waals surface area contributed by atoms with Crippen LogP contribution in [0, 0.1) is 0 Å². The molecule has 0 saturated carbocycles. The third-order valence-electron chi connectivity index (χ3n) is 2.86. The molecule has 0 aliphatic carbocycles. The largest absolute Gasteiger partial charge is 0.398 e. The summed E-state index contributed by atoms with van der Waals surface area (Å²) in [7, 11) is 0. The number of hydrogen-bond donors (Lipinski definition) is 2. The molecular formula is C12H14BrN3O2. The molecule has 2 amide bonds. The maximum Gasteiger partial charge on any atom is 0.255 e. The van der Waals surface area contributed by atoms with Gasteiger partial charge in [-0.1, -0.05) is 6.07 Å². The number of anilines is 1. The van der Waals surface area contributed by atoms with Crippen LogP contribution in [0.5, 0.6) is 0 Å². The van der Waals surface area contributed by atoms with E-state index in [1.807, 2.05) is 0 Å². The number of nitrogens with one attached hydrogen (secondary N) is 1. The van der Waals surface area contributed by atoms with Gasteiger partial charge in [-0.3, -0.25) is 9.59 Å². The van der Waals surface area contributed by atoms with Crippen LogP contribution in [0.1, 0.15) is 16.8 Å². The number of carbonyl (C=O) groups is 2. The molecule has 5 nitrogen and oxygen atoms in total. The maximum atomic E-state index is 12.3. The lowest BCUT2D eigenvalue weighted by Gasteiger charge is -2.20. The van der Waals surface area contributed by atoms with E-state index in [4.69, 9.17) is 5.73 Å². The first kappa shape index (κ1) is 12.9. The highest BCUT2D eigenvalue weighted by Gasteiger charge is 2.21. The van der Waals surface area contributed by atoms with Gasteiger partial charge in [0.1, 0.15) is 0 Å². The van der Waals surface area contributed by atoms with E-state index in [0.29, 0.717) is 41.8 Å². The van der Waals surface area contributed by atoms with Gasteiger partial charge in [-0.05, 0) is 28.1 Å². The molecule has 0 radical (unpaired) electrons. The fraction of sp³-hybridized carbons (Fsp3) is 0.333. The second-order valence-corrected chi connectivity index (χ2v) is 4.89. The van der Waals surface area contributed by atoms with E-state index in [9.17, 15) is 9.59 Å². The highest BCUT2D eigenvalue weighted by Crippen LogP contribution is 2.25. The lowest BCUT2D eigenvalue weighted by molar-refractivity contribution is -0.120. The van der Waals surface area contributed by atoms with Gasteiger partial charge in [0.15, 0.2) is 0 Å². The highest BCUT2D eigenvalue weighted by molar-refractivity contribution is 9.10. The number of carbonyl (C=O) groups excluding carboxylic acids is 2. The molecule has 0 atom stereocenters. The topological polar surface area (TPSA) is 75.4 Å². The van der Waals surface area contributed by atoms with E-state index >= 15 is 0 Å². The van der Waals surface area contributed by atoms with Gasteiger partial charge in [0, 0.05) is 31.7 Å². The molecule has 1 aliphatic rings. The van der Waals surface area contributed by atoms with Crippen LogP contribution < -0.4 is 11.1 Å². The predicted molar refractivity (Wildman–Crippen MR) is 72.1 cm³/mol. The number of rotatable bonds is 1. The first-order valence-electron chi connectivity index (χ1n) is 5.69. The van der Waals surface area contributed by atoms with Crippen molar-refractivity contribution in [2.24, 2.45) is 0 Å². The Balaban J connectivity index is 2.20. The molecule has 0 spiro atoms. The summed E-state index contributed by atoms with van der Waals surface area (Å²) >= 11 is 3.32. The summed E-state index contributed by atoms with van der Waals surface area (Å²) in [4.78, 5) is 25.2. The Kier molecular flexibility index (Phi) is 3.86. The molecule has 3 N–H and O–H groups in total. The number of benzene rings is 1. The van der Waals surface area contributed by atoms with Crippen LogP contribution in [0.2, 0.25) is 0 Å². The maximum absolute atomic E-state index is 12.3. The normalized spacial score (nSPS) is 16.1. The first-order chi connectivity index (χ1) is 8.59. The fourth-order valence-electron chi connectivity index (χ4n) is 1.86. The highest BCUT2D eigenvalue weighted by atomic mass is 79.9. The third-order valence-corrected chi connectivity index (χ3v) is 3.74. The Morgan fingerprint density at radius 2 is 2.17 bits per heavy atom. The SMILES string of the molecule is Nc1cccc(C(=O)N2CCNC(=O)CC2)c1Br. The van der Waals surface area contributed by atoms with Crippen LogP contribution in [-0.2, 0) is 4.79 Å². The van der Waals surface area contributed by atoms with E-state index < -0.39 is 0 Å². The lowest BCUT2D eigenvalue weighted by Crippen LogP contribution is -2.34. The van der Waals surface area contributed by atoms with E-state index in [1.54, 1.807) is 23.1 Å². The Bertz CT molecular complexity index is 490. The second kappa shape index (κ2) is 5.39. The Labute approximate surface area is 113 Å². The third kappa shape index (κ3) is 2.64. The summed E-state index contributed by atoms with van der Waals surface area (Å²) in [5.41, 5.74) is 6.82. The van der Waals surface area contributed by atoms with E-state index in [-0.39, 0.29) is 11.8 Å². The van der Waals surface area contributed by atoms with Gasteiger partial charge < -0.3 is 16.0 Å². The molecule has 96 valence electrons. The molecule has 0 unspecified atom stereocenters. The van der Waals surface area contributed by atoms with Crippen LogP contribution in [-0.4, -0.2) is 36.3 Å². The number of nitrogens with two attached hydrogens (primary N) is 1. The van der Waals surface area contributed by atoms with Crippen molar-refractivity contribution in [1.29, 1.82) is 0 Å². The molecule has 1 aromatic carbocycles. The quantitative estimate of drug-likeness (QED) is 0.760. The summed E-state index contributed by atoms with van der Waals surface area (Å²) in [6.45, 7) is 1.45. The average molecular weight is 312 g/mol.